The van der Waals surface area contributed by atoms with Crippen LogP contribution in [-0.2, 0) is 64.4 Å². The van der Waals surface area contributed by atoms with E-state index in [4.69, 9.17) is 33.2 Å². The van der Waals surface area contributed by atoms with Crippen molar-refractivity contribution in [3.8, 4) is 0 Å². The topological polar surface area (TPSA) is 111 Å². The van der Waals surface area contributed by atoms with Crippen molar-refractivity contribution in [2.24, 2.45) is 0 Å². The Hall–Kier alpha value is -4.58. The van der Waals surface area contributed by atoms with Gasteiger partial charge in [0, 0.05) is 6.92 Å². The smallest absolute Gasteiger partial charge is 0.407 e. The molecule has 55 heavy (non-hydrogen) atoms. The highest BCUT2D eigenvalue weighted by Crippen LogP contribution is 2.33. The summed E-state index contributed by atoms with van der Waals surface area (Å²) in [4.78, 5) is 24.8. The number of carbonyl (C=O) groups is 2. The van der Waals surface area contributed by atoms with Gasteiger partial charge in [0.05, 0.1) is 45.2 Å². The molecule has 1 N–H and O–H groups in total. The fraction of sp³-hybridized carbons (Fsp3) is 0.422. The van der Waals surface area contributed by atoms with Gasteiger partial charge in [-0.3, -0.25) is 4.79 Å². The van der Waals surface area contributed by atoms with Gasteiger partial charge in [0.15, 0.2) is 0 Å². The summed E-state index contributed by atoms with van der Waals surface area (Å²) in [6.45, 7) is 8.28. The van der Waals surface area contributed by atoms with Crippen LogP contribution in [0.4, 0.5) is 4.79 Å². The zero-order valence-electron chi connectivity index (χ0n) is 32.3. The SMILES string of the molecule is CC(=O)OC[C@H](CC[C@@H]1O[C@H](COCc2ccccc2)[C@H](OCc2ccccc2)[C@H](OCc2ccccc2)[C@H]1OCc1ccccc1)NC(=O)OC(C)(C)C. The second kappa shape index (κ2) is 21.5. The van der Waals surface area contributed by atoms with E-state index < -0.39 is 54.2 Å². The Labute approximate surface area is 325 Å². The maximum atomic E-state index is 12.9. The predicted octanol–water partition coefficient (Wildman–Crippen LogP) is 7.96. The Morgan fingerprint density at radius 2 is 1.07 bits per heavy atom. The lowest BCUT2D eigenvalue weighted by Gasteiger charge is -2.46. The Balaban J connectivity index is 1.45. The highest BCUT2D eigenvalue weighted by atomic mass is 16.6. The molecule has 1 amide bonds. The summed E-state index contributed by atoms with van der Waals surface area (Å²) < 4.78 is 44.6. The second-order valence-electron chi connectivity index (χ2n) is 14.7. The first-order valence-corrected chi connectivity index (χ1v) is 19.0. The highest BCUT2D eigenvalue weighted by Gasteiger charge is 2.48. The third-order valence-corrected chi connectivity index (χ3v) is 8.99. The van der Waals surface area contributed by atoms with E-state index >= 15 is 0 Å². The first-order chi connectivity index (χ1) is 26.6. The van der Waals surface area contributed by atoms with Crippen LogP contribution in [0.3, 0.4) is 0 Å². The number of benzene rings is 4. The number of hydrogen-bond acceptors (Lipinski definition) is 9. The molecule has 294 valence electrons. The number of carbonyl (C=O) groups excluding carboxylic acids is 2. The van der Waals surface area contributed by atoms with E-state index in [0.29, 0.717) is 39.3 Å². The minimum Gasteiger partial charge on any atom is -0.464 e. The van der Waals surface area contributed by atoms with Gasteiger partial charge in [-0.05, 0) is 55.9 Å². The summed E-state index contributed by atoms with van der Waals surface area (Å²) in [5, 5.41) is 2.89. The molecular weight excluding hydrogens is 698 g/mol. The Kier molecular flexibility index (Phi) is 16.2. The summed E-state index contributed by atoms with van der Waals surface area (Å²) in [6.07, 6.45) is -2.60. The highest BCUT2D eigenvalue weighted by molar-refractivity contribution is 5.68. The van der Waals surface area contributed by atoms with Crippen LogP contribution >= 0.6 is 0 Å². The first kappa shape index (κ1) is 41.6. The van der Waals surface area contributed by atoms with Crippen LogP contribution in [0.25, 0.3) is 0 Å². The summed E-state index contributed by atoms with van der Waals surface area (Å²) in [5.41, 5.74) is 3.36. The van der Waals surface area contributed by atoms with Gasteiger partial charge in [-0.2, -0.15) is 0 Å². The van der Waals surface area contributed by atoms with Crippen LogP contribution in [0.15, 0.2) is 121 Å². The molecule has 0 aliphatic carbocycles. The van der Waals surface area contributed by atoms with E-state index in [9.17, 15) is 9.59 Å². The van der Waals surface area contributed by atoms with E-state index in [1.54, 1.807) is 20.8 Å². The number of alkyl carbamates (subject to hydrolysis) is 1. The molecule has 10 nitrogen and oxygen atoms in total. The molecule has 4 aromatic rings. The molecule has 10 heteroatoms. The van der Waals surface area contributed by atoms with Gasteiger partial charge in [0.1, 0.15) is 36.6 Å². The van der Waals surface area contributed by atoms with Crippen LogP contribution in [-0.4, -0.2) is 67.4 Å². The van der Waals surface area contributed by atoms with Gasteiger partial charge >= 0.3 is 12.1 Å². The maximum Gasteiger partial charge on any atom is 0.407 e. The fourth-order valence-electron chi connectivity index (χ4n) is 6.37. The van der Waals surface area contributed by atoms with E-state index in [-0.39, 0.29) is 13.2 Å². The lowest BCUT2D eigenvalue weighted by atomic mass is 9.91. The molecule has 0 aromatic heterocycles. The molecular formula is C45H55NO9. The number of amides is 1. The van der Waals surface area contributed by atoms with E-state index in [2.05, 4.69) is 5.32 Å². The van der Waals surface area contributed by atoms with Crippen LogP contribution in [0, 0.1) is 0 Å². The van der Waals surface area contributed by atoms with E-state index in [1.807, 2.05) is 121 Å². The number of rotatable bonds is 19. The molecule has 1 aliphatic rings. The largest absolute Gasteiger partial charge is 0.464 e. The van der Waals surface area contributed by atoms with Crippen molar-refractivity contribution < 1.29 is 42.7 Å². The van der Waals surface area contributed by atoms with Gasteiger partial charge in [-0.25, -0.2) is 4.79 Å². The Bertz CT molecular complexity index is 1690. The van der Waals surface area contributed by atoms with Gasteiger partial charge in [0.2, 0.25) is 0 Å². The van der Waals surface area contributed by atoms with Gasteiger partial charge in [0.25, 0.3) is 0 Å². The van der Waals surface area contributed by atoms with Crippen LogP contribution in [0.1, 0.15) is 62.8 Å². The molecule has 0 spiro atoms. The predicted molar refractivity (Wildman–Crippen MR) is 209 cm³/mol. The van der Waals surface area contributed by atoms with Gasteiger partial charge in [-0.15, -0.1) is 0 Å². The van der Waals surface area contributed by atoms with Crippen molar-refractivity contribution in [1.82, 2.24) is 5.32 Å². The molecule has 4 aromatic carbocycles. The number of esters is 1. The quantitative estimate of drug-likeness (QED) is 0.0954. The normalized spacial score (nSPS) is 20.3. The summed E-state index contributed by atoms with van der Waals surface area (Å²) >= 11 is 0. The number of ether oxygens (including phenoxy) is 7. The maximum absolute atomic E-state index is 12.9. The van der Waals surface area contributed by atoms with E-state index in [1.165, 1.54) is 6.92 Å². The zero-order chi connectivity index (χ0) is 38.9. The van der Waals surface area contributed by atoms with Gasteiger partial charge in [-0.1, -0.05) is 121 Å². The fourth-order valence-corrected chi connectivity index (χ4v) is 6.37. The summed E-state index contributed by atoms with van der Waals surface area (Å²) in [6, 6.07) is 39.4. The average Bonchev–Trinajstić information content (AvgIpc) is 3.18. The molecule has 5 rings (SSSR count). The Morgan fingerprint density at radius 1 is 0.636 bits per heavy atom. The van der Waals surface area contributed by atoms with E-state index in [0.717, 1.165) is 22.3 Å². The summed E-state index contributed by atoms with van der Waals surface area (Å²) in [7, 11) is 0. The van der Waals surface area contributed by atoms with Crippen molar-refractivity contribution in [3.05, 3.63) is 144 Å². The lowest BCUT2D eigenvalue weighted by Crippen LogP contribution is -2.61. The molecule has 1 heterocycles. The van der Waals surface area contributed by atoms with Crippen molar-refractivity contribution >= 4 is 12.1 Å². The lowest BCUT2D eigenvalue weighted by molar-refractivity contribution is -0.273. The minimum atomic E-state index is -0.704. The minimum absolute atomic E-state index is 0.0306. The standard InChI is InChI=1S/C45H55NO9/c1-33(47)50-31-38(46-44(48)55-45(2,3)4)25-26-39-41(51-28-35-19-11-6-12-20-35)43(53-30-37-23-15-8-16-24-37)42(52-29-36-21-13-7-14-22-36)40(54-39)32-49-27-34-17-9-5-10-18-34/h5-24,38-43H,25-32H2,1-4H3,(H,46,48)/t38-,39-,40+,41-,42-,43+/m0/s1. The third kappa shape index (κ3) is 14.5. The molecule has 0 saturated carbocycles. The second-order valence-corrected chi connectivity index (χ2v) is 14.7. The molecule has 1 saturated heterocycles. The van der Waals surface area contributed by atoms with Crippen molar-refractivity contribution in [2.45, 2.75) is 109 Å². The average molecular weight is 754 g/mol. The van der Waals surface area contributed by atoms with Crippen molar-refractivity contribution in [1.29, 1.82) is 0 Å². The van der Waals surface area contributed by atoms with Gasteiger partial charge < -0.3 is 38.5 Å². The number of nitrogens with one attached hydrogen (secondary N) is 1. The van der Waals surface area contributed by atoms with Crippen LogP contribution < -0.4 is 5.32 Å². The molecule has 6 atom stereocenters. The molecule has 0 unspecified atom stereocenters. The first-order valence-electron chi connectivity index (χ1n) is 19.0. The summed E-state index contributed by atoms with van der Waals surface area (Å²) in [5.74, 6) is -0.447. The number of hydrogen-bond donors (Lipinski definition) is 1. The third-order valence-electron chi connectivity index (χ3n) is 8.99. The Morgan fingerprint density at radius 3 is 1.53 bits per heavy atom. The molecule has 0 bridgehead atoms. The van der Waals surface area contributed by atoms with Crippen LogP contribution in [0.5, 0.6) is 0 Å². The molecule has 1 fully saturated rings. The molecule has 1 aliphatic heterocycles. The van der Waals surface area contributed by atoms with Crippen molar-refractivity contribution in [3.63, 3.8) is 0 Å². The van der Waals surface area contributed by atoms with Crippen LogP contribution in [0.2, 0.25) is 0 Å². The molecule has 0 radical (unpaired) electrons. The van der Waals surface area contributed by atoms with Crippen molar-refractivity contribution in [2.75, 3.05) is 13.2 Å². The zero-order valence-corrected chi connectivity index (χ0v) is 32.3. The monoisotopic (exact) mass is 753 g/mol.